The molecule has 174 valence electrons. The summed E-state index contributed by atoms with van der Waals surface area (Å²) in [5.74, 6) is -1.87. The normalized spacial score (nSPS) is 17.9. The Morgan fingerprint density at radius 1 is 0.818 bits per heavy atom. The van der Waals surface area contributed by atoms with Gasteiger partial charge >= 0.3 is 0 Å². The van der Waals surface area contributed by atoms with Gasteiger partial charge in [-0.3, -0.25) is 0 Å². The molecule has 1 fully saturated rings. The van der Waals surface area contributed by atoms with Crippen LogP contribution in [0, 0.1) is 11.6 Å². The van der Waals surface area contributed by atoms with Gasteiger partial charge in [-0.25, -0.2) is 4.39 Å². The van der Waals surface area contributed by atoms with Crippen LogP contribution in [0.2, 0.25) is 0 Å². The predicted octanol–water partition coefficient (Wildman–Crippen LogP) is 7.84. The van der Waals surface area contributed by atoms with Crippen molar-refractivity contribution in [1.29, 1.82) is 0 Å². The van der Waals surface area contributed by atoms with E-state index in [-0.39, 0.29) is 17.4 Å². The van der Waals surface area contributed by atoms with Crippen molar-refractivity contribution in [1.82, 2.24) is 0 Å². The molecule has 33 heavy (non-hydrogen) atoms. The minimum Gasteiger partial charge on any atom is -0.491 e. The van der Waals surface area contributed by atoms with Gasteiger partial charge in [0.25, 0.3) is 0 Å². The summed E-state index contributed by atoms with van der Waals surface area (Å²) in [7, 11) is 0. The van der Waals surface area contributed by atoms with Crippen LogP contribution in [0.15, 0.2) is 60.7 Å². The number of benzene rings is 3. The highest BCUT2D eigenvalue weighted by molar-refractivity contribution is 5.65. The average Bonchev–Trinajstić information content (AvgIpc) is 3.31. The largest absolute Gasteiger partial charge is 0.491 e. The maximum Gasteiger partial charge on any atom is 0.201 e. The van der Waals surface area contributed by atoms with Gasteiger partial charge in [0.05, 0.1) is 18.8 Å². The first-order chi connectivity index (χ1) is 16.1. The van der Waals surface area contributed by atoms with E-state index >= 15 is 0 Å². The maximum atomic E-state index is 14.5. The fraction of sp³-hybridized carbons (Fsp3) is 0.379. The first-order valence-electron chi connectivity index (χ1n) is 12.0. The van der Waals surface area contributed by atoms with Crippen LogP contribution < -0.4 is 4.74 Å². The monoisotopic (exact) mass is 450 g/mol. The fourth-order valence-corrected chi connectivity index (χ4v) is 4.55. The Hall–Kier alpha value is -2.72. The lowest BCUT2D eigenvalue weighted by atomic mass is 9.98. The minimum atomic E-state index is -0.939. The molecule has 2 atom stereocenters. The Kier molecular flexibility index (Phi) is 7.77. The van der Waals surface area contributed by atoms with Crippen LogP contribution in [0.5, 0.6) is 5.75 Å². The molecule has 4 rings (SSSR count). The highest BCUT2D eigenvalue weighted by Gasteiger charge is 2.25. The second-order valence-electron chi connectivity index (χ2n) is 8.72. The first-order valence-corrected chi connectivity index (χ1v) is 12.0. The highest BCUT2D eigenvalue weighted by Crippen LogP contribution is 2.34. The van der Waals surface area contributed by atoms with Crippen molar-refractivity contribution in [2.24, 2.45) is 0 Å². The van der Waals surface area contributed by atoms with E-state index < -0.39 is 11.6 Å². The molecular formula is C29H32F2O2. The van der Waals surface area contributed by atoms with Crippen LogP contribution in [-0.2, 0) is 17.6 Å². The molecule has 1 aliphatic heterocycles. The number of rotatable bonds is 9. The summed E-state index contributed by atoms with van der Waals surface area (Å²) in [6, 6.07) is 19.5. The maximum absolute atomic E-state index is 14.5. The topological polar surface area (TPSA) is 18.5 Å². The lowest BCUT2D eigenvalue weighted by molar-refractivity contribution is 0.0396. The molecule has 0 amide bonds. The molecule has 2 nitrogen and oxygen atoms in total. The number of aryl methyl sites for hydroxylation is 2. The van der Waals surface area contributed by atoms with Crippen LogP contribution in [-0.4, -0.2) is 12.7 Å². The molecule has 0 aliphatic carbocycles. The molecule has 1 saturated heterocycles. The standard InChI is InChI=1S/C29H32F2O2/c1-3-5-24-16-18-26(33-24)23-14-10-21(11-15-23)7-6-20-8-12-22(13-9-20)25-17-19-27(32-4-2)29(31)28(25)30/h8-15,17,19,24,26H,3-7,16,18H2,1-2H3. The van der Waals surface area contributed by atoms with Gasteiger partial charge in [0.15, 0.2) is 11.6 Å². The van der Waals surface area contributed by atoms with Crippen molar-refractivity contribution in [3.63, 3.8) is 0 Å². The summed E-state index contributed by atoms with van der Waals surface area (Å²) in [4.78, 5) is 0. The predicted molar refractivity (Wildman–Crippen MR) is 129 cm³/mol. The molecule has 0 saturated carbocycles. The summed E-state index contributed by atoms with van der Waals surface area (Å²) in [6.45, 7) is 4.24. The van der Waals surface area contributed by atoms with Crippen molar-refractivity contribution in [3.8, 4) is 16.9 Å². The second-order valence-corrected chi connectivity index (χ2v) is 8.72. The van der Waals surface area contributed by atoms with Gasteiger partial charge in [-0.2, -0.15) is 4.39 Å². The molecular weight excluding hydrogens is 418 g/mol. The summed E-state index contributed by atoms with van der Waals surface area (Å²) in [5.41, 5.74) is 4.61. The van der Waals surface area contributed by atoms with E-state index in [1.165, 1.54) is 23.6 Å². The summed E-state index contributed by atoms with van der Waals surface area (Å²) < 4.78 is 40.0. The Morgan fingerprint density at radius 2 is 1.48 bits per heavy atom. The van der Waals surface area contributed by atoms with Crippen LogP contribution in [0.1, 0.15) is 62.3 Å². The molecule has 4 heteroatoms. The number of hydrogen-bond acceptors (Lipinski definition) is 2. The Labute approximate surface area is 195 Å². The van der Waals surface area contributed by atoms with Crippen molar-refractivity contribution in [2.45, 2.75) is 64.6 Å². The third kappa shape index (κ3) is 5.62. The van der Waals surface area contributed by atoms with Gasteiger partial charge in [-0.15, -0.1) is 0 Å². The van der Waals surface area contributed by atoms with Crippen LogP contribution in [0.3, 0.4) is 0 Å². The van der Waals surface area contributed by atoms with Gasteiger partial charge in [-0.1, -0.05) is 61.9 Å². The van der Waals surface area contributed by atoms with E-state index in [0.29, 0.717) is 18.3 Å². The fourth-order valence-electron chi connectivity index (χ4n) is 4.55. The first kappa shape index (κ1) is 23.4. The molecule has 3 aromatic rings. The number of hydrogen-bond donors (Lipinski definition) is 0. The third-order valence-electron chi connectivity index (χ3n) is 6.38. The molecule has 0 aromatic heterocycles. The molecule has 3 aromatic carbocycles. The van der Waals surface area contributed by atoms with Gasteiger partial charge in [-0.05, 0) is 73.4 Å². The molecule has 1 heterocycles. The summed E-state index contributed by atoms with van der Waals surface area (Å²) >= 11 is 0. The van der Waals surface area contributed by atoms with Crippen molar-refractivity contribution in [2.75, 3.05) is 6.61 Å². The van der Waals surface area contributed by atoms with Crippen LogP contribution in [0.25, 0.3) is 11.1 Å². The van der Waals surface area contributed by atoms with E-state index in [2.05, 4.69) is 31.2 Å². The quantitative estimate of drug-likeness (QED) is 0.331. The van der Waals surface area contributed by atoms with Gasteiger partial charge < -0.3 is 9.47 Å². The van der Waals surface area contributed by atoms with E-state index in [1.807, 2.05) is 24.3 Å². The molecule has 0 radical (unpaired) electrons. The third-order valence-corrected chi connectivity index (χ3v) is 6.38. The molecule has 2 unspecified atom stereocenters. The van der Waals surface area contributed by atoms with E-state index in [4.69, 9.17) is 9.47 Å². The van der Waals surface area contributed by atoms with Crippen LogP contribution >= 0.6 is 0 Å². The van der Waals surface area contributed by atoms with E-state index in [9.17, 15) is 8.78 Å². The molecule has 0 spiro atoms. The molecule has 1 aliphatic rings. The number of halogens is 2. The zero-order valence-corrected chi connectivity index (χ0v) is 19.5. The zero-order valence-electron chi connectivity index (χ0n) is 19.5. The van der Waals surface area contributed by atoms with Gasteiger partial charge in [0, 0.05) is 5.56 Å². The highest BCUT2D eigenvalue weighted by atomic mass is 19.2. The van der Waals surface area contributed by atoms with Gasteiger partial charge in [0.2, 0.25) is 5.82 Å². The van der Waals surface area contributed by atoms with E-state index in [1.54, 1.807) is 13.0 Å². The van der Waals surface area contributed by atoms with Crippen LogP contribution in [0.4, 0.5) is 8.78 Å². The zero-order chi connectivity index (χ0) is 23.2. The van der Waals surface area contributed by atoms with Gasteiger partial charge in [0.1, 0.15) is 0 Å². The van der Waals surface area contributed by atoms with E-state index in [0.717, 1.165) is 37.7 Å². The second kappa shape index (κ2) is 10.9. The Morgan fingerprint density at radius 3 is 2.12 bits per heavy atom. The minimum absolute atomic E-state index is 0.0540. The molecule has 0 N–H and O–H groups in total. The van der Waals surface area contributed by atoms with Crippen molar-refractivity contribution < 1.29 is 18.3 Å². The van der Waals surface area contributed by atoms with Crippen molar-refractivity contribution in [3.05, 3.63) is 89.0 Å². The average molecular weight is 451 g/mol. The smallest absolute Gasteiger partial charge is 0.201 e. The Bertz CT molecular complexity index is 1040. The SMILES string of the molecule is CCCC1CCC(c2ccc(CCc3ccc(-c4ccc(OCC)c(F)c4F)cc3)cc2)O1. The Balaban J connectivity index is 1.35. The van der Waals surface area contributed by atoms with Crippen molar-refractivity contribution >= 4 is 0 Å². The lowest BCUT2D eigenvalue weighted by Gasteiger charge is -2.14. The summed E-state index contributed by atoms with van der Waals surface area (Å²) in [5, 5.41) is 0. The lowest BCUT2D eigenvalue weighted by Crippen LogP contribution is -2.05. The molecule has 0 bridgehead atoms. The number of ether oxygens (including phenoxy) is 2. The summed E-state index contributed by atoms with van der Waals surface area (Å²) in [6.07, 6.45) is 7.04.